The van der Waals surface area contributed by atoms with Gasteiger partial charge in [-0.1, -0.05) is 147 Å². The predicted molar refractivity (Wildman–Crippen MR) is 219 cm³/mol. The second kappa shape index (κ2) is 11.3. The molecule has 0 aliphatic heterocycles. The van der Waals surface area contributed by atoms with Gasteiger partial charge in [0, 0.05) is 58.6 Å². The van der Waals surface area contributed by atoms with Gasteiger partial charge in [-0.3, -0.25) is 0 Å². The van der Waals surface area contributed by atoms with E-state index >= 15 is 0 Å². The number of hydrogen-bond acceptors (Lipinski definition) is 5. The summed E-state index contributed by atoms with van der Waals surface area (Å²) >= 11 is 1.79. The van der Waals surface area contributed by atoms with Crippen LogP contribution in [-0.4, -0.2) is 15.0 Å². The molecule has 0 spiro atoms. The van der Waals surface area contributed by atoms with Crippen LogP contribution in [0.15, 0.2) is 156 Å². The average Bonchev–Trinajstić information content (AvgIpc) is 3.86. The lowest BCUT2D eigenvalue weighted by atomic mass is 9.82. The Hall–Kier alpha value is -6.43. The molecule has 0 unspecified atom stereocenters. The Morgan fingerprint density at radius 1 is 0.434 bits per heavy atom. The monoisotopic (exact) mass is 697 g/mol. The summed E-state index contributed by atoms with van der Waals surface area (Å²) in [7, 11) is 0. The quantitative estimate of drug-likeness (QED) is 0.184. The summed E-state index contributed by atoms with van der Waals surface area (Å²) in [4.78, 5) is 16.1. The summed E-state index contributed by atoms with van der Waals surface area (Å²) in [6, 6.07) is 53.4. The largest absolute Gasteiger partial charge is 0.455 e. The molecule has 0 atom stereocenters. The molecule has 0 saturated carbocycles. The van der Waals surface area contributed by atoms with Gasteiger partial charge >= 0.3 is 0 Å². The van der Waals surface area contributed by atoms with Gasteiger partial charge in [0.05, 0.1) is 0 Å². The highest BCUT2D eigenvalue weighted by Gasteiger charge is 2.37. The lowest BCUT2D eigenvalue weighted by Gasteiger charge is -2.21. The zero-order valence-electron chi connectivity index (χ0n) is 29.1. The minimum absolute atomic E-state index is 0.152. The van der Waals surface area contributed by atoms with Crippen molar-refractivity contribution in [3.05, 3.63) is 163 Å². The maximum Gasteiger partial charge on any atom is 0.165 e. The van der Waals surface area contributed by atoms with Crippen molar-refractivity contribution in [3.63, 3.8) is 0 Å². The van der Waals surface area contributed by atoms with Crippen molar-refractivity contribution in [2.45, 2.75) is 19.3 Å². The third-order valence-electron chi connectivity index (χ3n) is 11.0. The fraction of sp³-hybridized carbons (Fsp3) is 0.0625. The molecule has 11 rings (SSSR count). The number of nitrogens with zero attached hydrogens (tertiary/aromatic N) is 3. The van der Waals surface area contributed by atoms with Gasteiger partial charge in [0.25, 0.3) is 0 Å². The first-order chi connectivity index (χ1) is 26.0. The van der Waals surface area contributed by atoms with Gasteiger partial charge < -0.3 is 4.42 Å². The Morgan fingerprint density at radius 2 is 0.981 bits per heavy atom. The predicted octanol–water partition coefficient (Wildman–Crippen LogP) is 13.1. The first-order valence-corrected chi connectivity index (χ1v) is 18.8. The van der Waals surface area contributed by atoms with E-state index in [2.05, 4.69) is 153 Å². The highest BCUT2D eigenvalue weighted by molar-refractivity contribution is 7.26. The van der Waals surface area contributed by atoms with Crippen molar-refractivity contribution in [1.82, 2.24) is 15.0 Å². The zero-order valence-corrected chi connectivity index (χ0v) is 29.9. The first kappa shape index (κ1) is 30.2. The number of furan rings is 1. The van der Waals surface area contributed by atoms with E-state index < -0.39 is 0 Å². The fourth-order valence-electron chi connectivity index (χ4n) is 8.47. The van der Waals surface area contributed by atoms with Crippen LogP contribution in [0.3, 0.4) is 0 Å². The number of aromatic nitrogens is 3. The van der Waals surface area contributed by atoms with Crippen molar-refractivity contribution in [1.29, 1.82) is 0 Å². The van der Waals surface area contributed by atoms with Crippen LogP contribution in [0.2, 0.25) is 0 Å². The third-order valence-corrected chi connectivity index (χ3v) is 12.2. The van der Waals surface area contributed by atoms with Crippen LogP contribution in [0.1, 0.15) is 25.0 Å². The maximum absolute atomic E-state index is 6.54. The van der Waals surface area contributed by atoms with E-state index in [0.29, 0.717) is 17.5 Å². The standard InChI is InChI=1S/C48H31N3OS/c1-48(2)38-24-8-5-18-35(38)42-36(22-13-25-39(42)48)46-49-45(50-47(51-46)37-23-12-21-33-30-16-7-10-27-41(30)53-44(33)37)34-17-4-3-14-28(34)31-19-11-20-32-29-15-6-9-26-40(29)52-43(31)32/h3-27H,1-2H3. The second-order valence-electron chi connectivity index (χ2n) is 14.3. The molecule has 4 nitrogen and oxygen atoms in total. The molecule has 7 aromatic carbocycles. The molecule has 1 aliphatic carbocycles. The Balaban J connectivity index is 1.20. The molecule has 5 heteroatoms. The molecule has 0 N–H and O–H groups in total. The maximum atomic E-state index is 6.54. The van der Waals surface area contributed by atoms with E-state index in [0.717, 1.165) is 49.8 Å². The first-order valence-electron chi connectivity index (χ1n) is 17.9. The van der Waals surface area contributed by atoms with Crippen molar-refractivity contribution in [2.24, 2.45) is 0 Å². The lowest BCUT2D eigenvalue weighted by Crippen LogP contribution is -2.14. The summed E-state index contributed by atoms with van der Waals surface area (Å²) in [5.41, 5.74) is 11.5. The Morgan fingerprint density at radius 3 is 1.83 bits per heavy atom. The minimum atomic E-state index is -0.152. The number of fused-ring (bicyclic) bond motifs is 9. The summed E-state index contributed by atoms with van der Waals surface area (Å²) in [6.07, 6.45) is 0. The zero-order chi connectivity index (χ0) is 35.3. The Labute approximate surface area is 310 Å². The molecular formula is C48H31N3OS. The van der Waals surface area contributed by atoms with E-state index in [9.17, 15) is 0 Å². The normalized spacial score (nSPS) is 13.2. The van der Waals surface area contributed by atoms with E-state index in [1.54, 1.807) is 11.3 Å². The molecule has 0 saturated heterocycles. The van der Waals surface area contributed by atoms with Crippen LogP contribution in [0.4, 0.5) is 0 Å². The van der Waals surface area contributed by atoms with Gasteiger partial charge in [0.2, 0.25) is 0 Å². The topological polar surface area (TPSA) is 51.8 Å². The van der Waals surface area contributed by atoms with Crippen LogP contribution in [-0.2, 0) is 5.41 Å². The lowest BCUT2D eigenvalue weighted by molar-refractivity contribution is 0.660. The molecular weight excluding hydrogens is 667 g/mol. The molecule has 0 amide bonds. The minimum Gasteiger partial charge on any atom is -0.455 e. The molecule has 0 radical (unpaired) electrons. The SMILES string of the molecule is CC1(C)c2ccccc2-c2c(-c3nc(-c4ccccc4-c4cccc5c4oc4ccccc45)nc(-c4cccc5c4sc4ccccc45)n3)cccc21. The van der Waals surface area contributed by atoms with Gasteiger partial charge in [-0.2, -0.15) is 0 Å². The number of hydrogen-bond donors (Lipinski definition) is 0. The molecule has 3 aromatic heterocycles. The van der Waals surface area contributed by atoms with E-state index in [1.165, 1.54) is 42.4 Å². The van der Waals surface area contributed by atoms with Crippen molar-refractivity contribution < 1.29 is 4.42 Å². The van der Waals surface area contributed by atoms with E-state index in [4.69, 9.17) is 19.4 Å². The van der Waals surface area contributed by atoms with Gasteiger partial charge in [-0.05, 0) is 46.0 Å². The van der Waals surface area contributed by atoms with E-state index in [1.807, 2.05) is 12.1 Å². The second-order valence-corrected chi connectivity index (χ2v) is 15.4. The number of benzene rings is 7. The van der Waals surface area contributed by atoms with Gasteiger partial charge in [-0.15, -0.1) is 11.3 Å². The van der Waals surface area contributed by atoms with Crippen LogP contribution < -0.4 is 0 Å². The fourth-order valence-corrected chi connectivity index (χ4v) is 9.69. The average molecular weight is 698 g/mol. The Bertz CT molecular complexity index is 3110. The number of para-hydroxylation sites is 2. The van der Waals surface area contributed by atoms with Crippen molar-refractivity contribution in [3.8, 4) is 56.4 Å². The third kappa shape index (κ3) is 4.44. The van der Waals surface area contributed by atoms with Crippen LogP contribution >= 0.6 is 11.3 Å². The molecule has 1 aliphatic rings. The van der Waals surface area contributed by atoms with Crippen molar-refractivity contribution in [2.75, 3.05) is 0 Å². The summed E-state index contributed by atoms with van der Waals surface area (Å²) in [6.45, 7) is 4.62. The van der Waals surface area contributed by atoms with E-state index in [-0.39, 0.29) is 5.41 Å². The smallest absolute Gasteiger partial charge is 0.165 e. The van der Waals surface area contributed by atoms with Crippen LogP contribution in [0, 0.1) is 0 Å². The highest BCUT2D eigenvalue weighted by atomic mass is 32.1. The Kier molecular flexibility index (Phi) is 6.43. The molecule has 250 valence electrons. The molecule has 0 bridgehead atoms. The van der Waals surface area contributed by atoms with Crippen molar-refractivity contribution >= 4 is 53.4 Å². The van der Waals surface area contributed by atoms with Crippen LogP contribution in [0.25, 0.3) is 98.5 Å². The summed E-state index contributed by atoms with van der Waals surface area (Å²) in [5, 5.41) is 4.64. The molecule has 53 heavy (non-hydrogen) atoms. The number of thiophene rings is 1. The summed E-state index contributed by atoms with van der Waals surface area (Å²) in [5.74, 6) is 1.93. The number of rotatable bonds is 4. The van der Waals surface area contributed by atoms with Crippen LogP contribution in [0.5, 0.6) is 0 Å². The molecule has 3 heterocycles. The van der Waals surface area contributed by atoms with Gasteiger partial charge in [0.1, 0.15) is 11.2 Å². The molecule has 0 fully saturated rings. The highest BCUT2D eigenvalue weighted by Crippen LogP contribution is 2.52. The molecule has 10 aromatic rings. The summed E-state index contributed by atoms with van der Waals surface area (Å²) < 4.78 is 8.96. The van der Waals surface area contributed by atoms with Gasteiger partial charge in [0.15, 0.2) is 17.5 Å². The van der Waals surface area contributed by atoms with Gasteiger partial charge in [-0.25, -0.2) is 15.0 Å².